The Morgan fingerprint density at radius 2 is 1.88 bits per heavy atom. The van der Waals surface area contributed by atoms with Crippen molar-refractivity contribution < 1.29 is 9.18 Å². The molecule has 1 heterocycles. The highest BCUT2D eigenvalue weighted by Crippen LogP contribution is 2.24. The number of nitriles is 1. The zero-order chi connectivity index (χ0) is 18.7. The van der Waals surface area contributed by atoms with E-state index in [9.17, 15) is 14.4 Å². The molecule has 5 heteroatoms. The van der Waals surface area contributed by atoms with Gasteiger partial charge in [-0.1, -0.05) is 50.2 Å². The largest absolute Gasteiger partial charge is 0.346 e. The Morgan fingerprint density at radius 3 is 2.58 bits per heavy atom. The third kappa shape index (κ3) is 3.45. The van der Waals surface area contributed by atoms with Crippen LogP contribution in [0.5, 0.6) is 0 Å². The third-order valence-electron chi connectivity index (χ3n) is 4.22. The molecule has 1 amide bonds. The smallest absolute Gasteiger partial charge is 0.254 e. The molecular weight excluding hydrogens is 329 g/mol. The molecule has 0 aliphatic carbocycles. The van der Waals surface area contributed by atoms with Crippen LogP contribution in [0.3, 0.4) is 0 Å². The van der Waals surface area contributed by atoms with Crippen LogP contribution in [0.15, 0.2) is 54.7 Å². The Bertz CT molecular complexity index is 984. The van der Waals surface area contributed by atoms with Gasteiger partial charge in [-0.25, -0.2) is 4.39 Å². The second-order valence-electron chi connectivity index (χ2n) is 6.66. The van der Waals surface area contributed by atoms with Crippen LogP contribution in [0, 0.1) is 23.1 Å². The number of rotatable bonds is 5. The summed E-state index contributed by atoms with van der Waals surface area (Å²) in [6, 6.07) is 14.5. The number of benzene rings is 2. The van der Waals surface area contributed by atoms with Gasteiger partial charge < -0.3 is 9.88 Å². The van der Waals surface area contributed by atoms with E-state index in [1.165, 1.54) is 12.1 Å². The van der Waals surface area contributed by atoms with E-state index < -0.39 is 17.8 Å². The normalized spacial score (nSPS) is 12.1. The molecule has 1 unspecified atom stereocenters. The average molecular weight is 349 g/mol. The average Bonchev–Trinajstić information content (AvgIpc) is 2.98. The third-order valence-corrected chi connectivity index (χ3v) is 4.22. The Kier molecular flexibility index (Phi) is 5.04. The molecule has 3 rings (SSSR count). The molecule has 4 nitrogen and oxygen atoms in total. The molecule has 2 aromatic carbocycles. The summed E-state index contributed by atoms with van der Waals surface area (Å²) in [5.41, 5.74) is 1.61. The van der Waals surface area contributed by atoms with Gasteiger partial charge in [0.25, 0.3) is 5.91 Å². The van der Waals surface area contributed by atoms with Gasteiger partial charge in [0.05, 0.1) is 11.6 Å². The molecule has 3 aromatic rings. The molecule has 0 aliphatic rings. The maximum Gasteiger partial charge on any atom is 0.254 e. The monoisotopic (exact) mass is 349 g/mol. The van der Waals surface area contributed by atoms with E-state index >= 15 is 0 Å². The molecule has 0 radical (unpaired) electrons. The lowest BCUT2D eigenvalue weighted by atomic mass is 10.1. The van der Waals surface area contributed by atoms with Gasteiger partial charge in [0.1, 0.15) is 11.9 Å². The molecule has 0 bridgehead atoms. The first kappa shape index (κ1) is 17.7. The maximum absolute atomic E-state index is 14.0. The second-order valence-corrected chi connectivity index (χ2v) is 6.66. The van der Waals surface area contributed by atoms with Crippen LogP contribution in [0.4, 0.5) is 4.39 Å². The van der Waals surface area contributed by atoms with E-state index in [2.05, 4.69) is 19.2 Å². The van der Waals surface area contributed by atoms with Gasteiger partial charge in [-0.15, -0.1) is 0 Å². The molecule has 0 saturated carbocycles. The zero-order valence-electron chi connectivity index (χ0n) is 14.7. The van der Waals surface area contributed by atoms with E-state index in [4.69, 9.17) is 0 Å². The number of nitrogens with zero attached hydrogens (tertiary/aromatic N) is 2. The molecule has 26 heavy (non-hydrogen) atoms. The summed E-state index contributed by atoms with van der Waals surface area (Å²) in [6.45, 7) is 5.00. The van der Waals surface area contributed by atoms with Crippen LogP contribution in [0.2, 0.25) is 0 Å². The summed E-state index contributed by atoms with van der Waals surface area (Å²) in [7, 11) is 0. The number of hydrogen-bond acceptors (Lipinski definition) is 2. The number of carbonyl (C=O) groups is 1. The van der Waals surface area contributed by atoms with Crippen molar-refractivity contribution in [2.75, 3.05) is 0 Å². The van der Waals surface area contributed by atoms with Gasteiger partial charge in [-0.2, -0.15) is 5.26 Å². The van der Waals surface area contributed by atoms with Crippen molar-refractivity contribution in [1.82, 2.24) is 9.88 Å². The predicted octanol–water partition coefficient (Wildman–Crippen LogP) is 4.43. The Hall–Kier alpha value is -3.13. The second kappa shape index (κ2) is 7.40. The number of halogens is 1. The Morgan fingerprint density at radius 1 is 1.19 bits per heavy atom. The van der Waals surface area contributed by atoms with E-state index in [0.29, 0.717) is 11.5 Å². The zero-order valence-corrected chi connectivity index (χ0v) is 14.7. The summed E-state index contributed by atoms with van der Waals surface area (Å²) in [4.78, 5) is 12.8. The molecule has 0 spiro atoms. The standard InChI is InChI=1S/C21H20FN3O/c1-14(2)12-25-13-17(15-7-4-6-10-20(15)25)21(26)24-19(11-23)16-8-3-5-9-18(16)22/h3-10,13-14,19H,12H2,1-2H3,(H,24,26). The molecule has 0 saturated heterocycles. The number of aromatic nitrogens is 1. The molecule has 0 fully saturated rings. The minimum Gasteiger partial charge on any atom is -0.346 e. The first-order chi connectivity index (χ1) is 12.5. The summed E-state index contributed by atoms with van der Waals surface area (Å²) in [6.07, 6.45) is 1.80. The van der Waals surface area contributed by atoms with Crippen LogP contribution >= 0.6 is 0 Å². The highest BCUT2D eigenvalue weighted by atomic mass is 19.1. The van der Waals surface area contributed by atoms with Gasteiger partial charge in [0, 0.05) is 29.2 Å². The lowest BCUT2D eigenvalue weighted by molar-refractivity contribution is 0.0946. The fourth-order valence-electron chi connectivity index (χ4n) is 3.07. The van der Waals surface area contributed by atoms with Crippen LogP contribution in [-0.2, 0) is 6.54 Å². The molecular formula is C21H20FN3O. The van der Waals surface area contributed by atoms with E-state index in [1.807, 2.05) is 34.9 Å². The van der Waals surface area contributed by atoms with Crippen LogP contribution < -0.4 is 5.32 Å². The van der Waals surface area contributed by atoms with E-state index in [1.54, 1.807) is 18.3 Å². The van der Waals surface area contributed by atoms with Gasteiger partial charge in [-0.05, 0) is 18.1 Å². The summed E-state index contributed by atoms with van der Waals surface area (Å²) in [5, 5.41) is 12.9. The first-order valence-corrected chi connectivity index (χ1v) is 8.54. The molecule has 1 atom stereocenters. The van der Waals surface area contributed by atoms with Crippen molar-refractivity contribution in [3.63, 3.8) is 0 Å². The fraction of sp³-hybridized carbons (Fsp3) is 0.238. The highest BCUT2D eigenvalue weighted by Gasteiger charge is 2.21. The molecule has 1 aromatic heterocycles. The number of nitrogens with one attached hydrogen (secondary N) is 1. The van der Waals surface area contributed by atoms with Crippen LogP contribution in [0.1, 0.15) is 35.8 Å². The van der Waals surface area contributed by atoms with Crippen molar-refractivity contribution in [2.24, 2.45) is 5.92 Å². The maximum atomic E-state index is 14.0. The van der Waals surface area contributed by atoms with Crippen molar-refractivity contribution >= 4 is 16.8 Å². The fourth-order valence-corrected chi connectivity index (χ4v) is 3.07. The lowest BCUT2D eigenvalue weighted by Gasteiger charge is -2.12. The summed E-state index contributed by atoms with van der Waals surface area (Å²) >= 11 is 0. The van der Waals surface area contributed by atoms with Crippen molar-refractivity contribution in [2.45, 2.75) is 26.4 Å². The van der Waals surface area contributed by atoms with Crippen molar-refractivity contribution in [3.05, 3.63) is 71.7 Å². The minimum atomic E-state index is -1.05. The topological polar surface area (TPSA) is 57.8 Å². The van der Waals surface area contributed by atoms with E-state index in [-0.39, 0.29) is 5.56 Å². The number of para-hydroxylation sites is 1. The first-order valence-electron chi connectivity index (χ1n) is 8.54. The van der Waals surface area contributed by atoms with Gasteiger partial charge in [-0.3, -0.25) is 4.79 Å². The quantitative estimate of drug-likeness (QED) is 0.741. The Labute approximate surface area is 151 Å². The number of fused-ring (bicyclic) bond motifs is 1. The molecule has 132 valence electrons. The SMILES string of the molecule is CC(C)Cn1cc(C(=O)NC(C#N)c2ccccc2F)c2ccccc21. The Balaban J connectivity index is 1.95. The van der Waals surface area contributed by atoms with Crippen LogP contribution in [0.25, 0.3) is 10.9 Å². The van der Waals surface area contributed by atoms with Crippen molar-refractivity contribution in [1.29, 1.82) is 5.26 Å². The lowest BCUT2D eigenvalue weighted by Crippen LogP contribution is -2.28. The van der Waals surface area contributed by atoms with Gasteiger partial charge >= 0.3 is 0 Å². The predicted molar refractivity (Wildman–Crippen MR) is 99.0 cm³/mol. The summed E-state index contributed by atoms with van der Waals surface area (Å²) < 4.78 is 16.0. The number of carbonyl (C=O) groups excluding carboxylic acids is 1. The minimum absolute atomic E-state index is 0.161. The van der Waals surface area contributed by atoms with Crippen molar-refractivity contribution in [3.8, 4) is 6.07 Å². The van der Waals surface area contributed by atoms with E-state index in [0.717, 1.165) is 17.4 Å². The molecule has 0 aliphatic heterocycles. The van der Waals surface area contributed by atoms with Gasteiger partial charge in [0.2, 0.25) is 0 Å². The van der Waals surface area contributed by atoms with Crippen LogP contribution in [-0.4, -0.2) is 10.5 Å². The number of amides is 1. The summed E-state index contributed by atoms with van der Waals surface area (Å²) in [5.74, 6) is -0.480. The van der Waals surface area contributed by atoms with Gasteiger partial charge in [0.15, 0.2) is 0 Å². The number of hydrogen-bond donors (Lipinski definition) is 1. The highest BCUT2D eigenvalue weighted by molar-refractivity contribution is 6.07. The molecule has 1 N–H and O–H groups in total.